The summed E-state index contributed by atoms with van der Waals surface area (Å²) in [6, 6.07) is 1.80. The molecule has 0 aliphatic heterocycles. The van der Waals surface area contributed by atoms with E-state index in [9.17, 15) is 9.59 Å². The number of aromatic nitrogens is 2. The van der Waals surface area contributed by atoms with E-state index in [0.29, 0.717) is 11.3 Å². The zero-order chi connectivity index (χ0) is 13.0. The number of hydrogen-bond acceptors (Lipinski definition) is 4. The number of aromatic amines is 1. The SMILES string of the molecule is O=C(O)CCC(=O)c1cc(Cc2ncc[nH]2)cs1. The molecule has 2 heterocycles. The lowest BCUT2D eigenvalue weighted by Crippen LogP contribution is -2.02. The van der Waals surface area contributed by atoms with Crippen molar-refractivity contribution in [2.75, 3.05) is 0 Å². The van der Waals surface area contributed by atoms with Crippen molar-refractivity contribution in [1.29, 1.82) is 0 Å². The average molecular weight is 264 g/mol. The Morgan fingerprint density at radius 2 is 2.22 bits per heavy atom. The van der Waals surface area contributed by atoms with Gasteiger partial charge in [-0.3, -0.25) is 9.59 Å². The molecule has 0 spiro atoms. The molecular weight excluding hydrogens is 252 g/mol. The van der Waals surface area contributed by atoms with Crippen LogP contribution >= 0.6 is 11.3 Å². The van der Waals surface area contributed by atoms with E-state index in [1.165, 1.54) is 11.3 Å². The molecule has 5 nitrogen and oxygen atoms in total. The molecule has 0 aromatic carbocycles. The average Bonchev–Trinajstić information content (AvgIpc) is 2.98. The summed E-state index contributed by atoms with van der Waals surface area (Å²) < 4.78 is 0. The number of Topliss-reactive ketones (excluding diaryl/α,β-unsaturated/α-hetero) is 1. The molecule has 0 amide bonds. The molecule has 0 radical (unpaired) electrons. The Hall–Kier alpha value is -1.95. The number of imidazole rings is 1. The number of nitrogens with zero attached hydrogens (tertiary/aromatic N) is 1. The van der Waals surface area contributed by atoms with Crippen LogP contribution < -0.4 is 0 Å². The van der Waals surface area contributed by atoms with E-state index in [4.69, 9.17) is 5.11 Å². The first-order chi connectivity index (χ1) is 8.65. The van der Waals surface area contributed by atoms with Gasteiger partial charge in [0.1, 0.15) is 5.82 Å². The Kier molecular flexibility index (Phi) is 3.88. The summed E-state index contributed by atoms with van der Waals surface area (Å²) in [5, 5.41) is 10.4. The molecule has 0 aliphatic rings. The third-order valence-electron chi connectivity index (χ3n) is 2.42. The smallest absolute Gasteiger partial charge is 0.303 e. The molecule has 0 saturated heterocycles. The van der Waals surface area contributed by atoms with Crippen molar-refractivity contribution < 1.29 is 14.7 Å². The standard InChI is InChI=1S/C12H12N2O3S/c15-9(1-2-12(16)17)10-5-8(7-18-10)6-11-13-3-4-14-11/h3-5,7H,1-2,6H2,(H,13,14)(H,16,17). The zero-order valence-electron chi connectivity index (χ0n) is 9.55. The molecule has 0 fully saturated rings. The first-order valence-electron chi connectivity index (χ1n) is 5.46. The van der Waals surface area contributed by atoms with Gasteiger partial charge < -0.3 is 10.1 Å². The first kappa shape index (κ1) is 12.5. The number of ketones is 1. The minimum absolute atomic E-state index is 0.0516. The number of aliphatic carboxylic acids is 1. The number of carboxylic acids is 1. The highest BCUT2D eigenvalue weighted by molar-refractivity contribution is 7.12. The van der Waals surface area contributed by atoms with E-state index in [1.54, 1.807) is 18.5 Å². The number of carboxylic acid groups (broad SMARTS) is 1. The van der Waals surface area contributed by atoms with Crippen LogP contribution in [-0.2, 0) is 11.2 Å². The monoisotopic (exact) mass is 264 g/mol. The van der Waals surface area contributed by atoms with Crippen molar-refractivity contribution in [3.05, 3.63) is 40.1 Å². The molecule has 0 aliphatic carbocycles. The summed E-state index contributed by atoms with van der Waals surface area (Å²) in [5.74, 6) is -0.221. The zero-order valence-corrected chi connectivity index (χ0v) is 10.4. The van der Waals surface area contributed by atoms with Crippen LogP contribution in [0.4, 0.5) is 0 Å². The van der Waals surface area contributed by atoms with E-state index in [2.05, 4.69) is 9.97 Å². The van der Waals surface area contributed by atoms with Gasteiger partial charge in [0.2, 0.25) is 0 Å². The van der Waals surface area contributed by atoms with Crippen LogP contribution in [0.1, 0.15) is 33.9 Å². The molecule has 2 rings (SSSR count). The van der Waals surface area contributed by atoms with Gasteiger partial charge in [-0.1, -0.05) is 0 Å². The quantitative estimate of drug-likeness (QED) is 0.783. The number of thiophene rings is 1. The van der Waals surface area contributed by atoms with Crippen molar-refractivity contribution in [3.63, 3.8) is 0 Å². The van der Waals surface area contributed by atoms with E-state index < -0.39 is 5.97 Å². The second-order valence-corrected chi connectivity index (χ2v) is 4.76. The predicted octanol–water partition coefficient (Wildman–Crippen LogP) is 2.11. The molecule has 2 aromatic rings. The maximum absolute atomic E-state index is 11.7. The molecule has 18 heavy (non-hydrogen) atoms. The Morgan fingerprint density at radius 1 is 1.39 bits per heavy atom. The molecule has 2 aromatic heterocycles. The number of nitrogens with one attached hydrogen (secondary N) is 1. The van der Waals surface area contributed by atoms with E-state index >= 15 is 0 Å². The number of carbonyl (C=O) groups excluding carboxylic acids is 1. The van der Waals surface area contributed by atoms with Gasteiger partial charge in [0, 0.05) is 25.2 Å². The number of rotatable bonds is 6. The van der Waals surface area contributed by atoms with Crippen molar-refractivity contribution in [3.8, 4) is 0 Å². The normalized spacial score (nSPS) is 10.4. The molecule has 2 N–H and O–H groups in total. The van der Waals surface area contributed by atoms with Crippen LogP contribution in [-0.4, -0.2) is 26.8 Å². The van der Waals surface area contributed by atoms with Gasteiger partial charge in [-0.15, -0.1) is 11.3 Å². The highest BCUT2D eigenvalue weighted by Gasteiger charge is 2.11. The molecular formula is C12H12N2O3S. The van der Waals surface area contributed by atoms with E-state index in [0.717, 1.165) is 11.4 Å². The predicted molar refractivity (Wildman–Crippen MR) is 66.9 cm³/mol. The van der Waals surface area contributed by atoms with Crippen LogP contribution in [0.5, 0.6) is 0 Å². The molecule has 94 valence electrons. The fourth-order valence-electron chi connectivity index (χ4n) is 1.55. The number of H-pyrrole nitrogens is 1. The van der Waals surface area contributed by atoms with Gasteiger partial charge in [-0.25, -0.2) is 4.98 Å². The van der Waals surface area contributed by atoms with Crippen LogP contribution in [0, 0.1) is 0 Å². The summed E-state index contributed by atoms with van der Waals surface area (Å²) in [6.07, 6.45) is 4.01. The van der Waals surface area contributed by atoms with Gasteiger partial charge in [-0.05, 0) is 17.0 Å². The van der Waals surface area contributed by atoms with Crippen molar-refractivity contribution in [2.24, 2.45) is 0 Å². The Morgan fingerprint density at radius 3 is 2.89 bits per heavy atom. The largest absolute Gasteiger partial charge is 0.481 e. The molecule has 6 heteroatoms. The van der Waals surface area contributed by atoms with Gasteiger partial charge >= 0.3 is 5.97 Å². The maximum atomic E-state index is 11.7. The van der Waals surface area contributed by atoms with Crippen molar-refractivity contribution >= 4 is 23.1 Å². The van der Waals surface area contributed by atoms with Crippen LogP contribution in [0.25, 0.3) is 0 Å². The Balaban J connectivity index is 1.97. The minimum atomic E-state index is -0.948. The van der Waals surface area contributed by atoms with Gasteiger partial charge in [0.05, 0.1) is 11.3 Å². The third kappa shape index (κ3) is 3.27. The van der Waals surface area contributed by atoms with Crippen molar-refractivity contribution in [1.82, 2.24) is 9.97 Å². The fourth-order valence-corrected chi connectivity index (χ4v) is 2.43. The lowest BCUT2D eigenvalue weighted by atomic mass is 10.1. The Labute approximate surface area is 107 Å². The lowest BCUT2D eigenvalue weighted by Gasteiger charge is -1.94. The molecule has 0 unspecified atom stereocenters. The summed E-state index contributed by atoms with van der Waals surface area (Å²) in [6.45, 7) is 0. The summed E-state index contributed by atoms with van der Waals surface area (Å²) in [7, 11) is 0. The van der Waals surface area contributed by atoms with E-state index in [-0.39, 0.29) is 18.6 Å². The molecule has 0 bridgehead atoms. The van der Waals surface area contributed by atoms with Crippen LogP contribution in [0.2, 0.25) is 0 Å². The molecule has 0 saturated carbocycles. The Bertz CT molecular complexity index is 545. The van der Waals surface area contributed by atoms with Gasteiger partial charge in [0.15, 0.2) is 5.78 Å². The van der Waals surface area contributed by atoms with Crippen molar-refractivity contribution in [2.45, 2.75) is 19.3 Å². The second kappa shape index (κ2) is 5.59. The van der Waals surface area contributed by atoms with E-state index in [1.807, 2.05) is 5.38 Å². The van der Waals surface area contributed by atoms with Gasteiger partial charge in [0.25, 0.3) is 0 Å². The minimum Gasteiger partial charge on any atom is -0.481 e. The maximum Gasteiger partial charge on any atom is 0.303 e. The fraction of sp³-hybridized carbons (Fsp3) is 0.250. The second-order valence-electron chi connectivity index (χ2n) is 3.85. The summed E-state index contributed by atoms with van der Waals surface area (Å²) >= 11 is 1.35. The van der Waals surface area contributed by atoms with Crippen LogP contribution in [0.15, 0.2) is 23.8 Å². The number of carbonyl (C=O) groups is 2. The lowest BCUT2D eigenvalue weighted by molar-refractivity contribution is -0.136. The number of hydrogen-bond donors (Lipinski definition) is 2. The van der Waals surface area contributed by atoms with Gasteiger partial charge in [-0.2, -0.15) is 0 Å². The highest BCUT2D eigenvalue weighted by atomic mass is 32.1. The summed E-state index contributed by atoms with van der Waals surface area (Å²) in [4.78, 5) is 29.8. The summed E-state index contributed by atoms with van der Waals surface area (Å²) in [5.41, 5.74) is 1.01. The first-order valence-corrected chi connectivity index (χ1v) is 6.34. The topological polar surface area (TPSA) is 83.0 Å². The highest BCUT2D eigenvalue weighted by Crippen LogP contribution is 2.19. The third-order valence-corrected chi connectivity index (χ3v) is 3.44. The van der Waals surface area contributed by atoms with Crippen LogP contribution in [0.3, 0.4) is 0 Å². The molecule has 0 atom stereocenters.